The lowest BCUT2D eigenvalue weighted by Crippen LogP contribution is -2.41. The van der Waals surface area contributed by atoms with Crippen LogP contribution in [-0.2, 0) is 4.79 Å². The van der Waals surface area contributed by atoms with E-state index in [4.69, 9.17) is 11.5 Å². The molecule has 0 fully saturated rings. The molecule has 5 heteroatoms. The van der Waals surface area contributed by atoms with Crippen LogP contribution in [0.3, 0.4) is 0 Å². The molecule has 14 heavy (non-hydrogen) atoms. The number of carbonyl (C=O) groups excluding carboxylic acids is 1. The molecule has 4 nitrogen and oxygen atoms in total. The zero-order valence-electron chi connectivity index (χ0n) is 8.79. The highest BCUT2D eigenvalue weighted by atomic mass is 32.2. The Hall–Kier alpha value is -0.260. The smallest absolute Gasteiger partial charge is 0.236 e. The van der Waals surface area contributed by atoms with Crippen molar-refractivity contribution in [2.75, 3.05) is 25.1 Å². The molecule has 0 aromatic carbocycles. The van der Waals surface area contributed by atoms with Crippen LogP contribution >= 0.6 is 11.8 Å². The fourth-order valence-corrected chi connectivity index (χ4v) is 1.48. The van der Waals surface area contributed by atoms with Gasteiger partial charge in [-0.3, -0.25) is 4.79 Å². The van der Waals surface area contributed by atoms with Crippen LogP contribution in [0.2, 0.25) is 0 Å². The highest BCUT2D eigenvalue weighted by Gasteiger charge is 2.11. The van der Waals surface area contributed by atoms with Crippen LogP contribution in [0.5, 0.6) is 0 Å². The maximum absolute atomic E-state index is 11.3. The summed E-state index contributed by atoms with van der Waals surface area (Å²) < 4.78 is 0. The van der Waals surface area contributed by atoms with Crippen molar-refractivity contribution in [2.24, 2.45) is 11.5 Å². The van der Waals surface area contributed by atoms with Gasteiger partial charge in [0.05, 0.1) is 6.04 Å². The lowest BCUT2D eigenvalue weighted by molar-refractivity contribution is -0.122. The van der Waals surface area contributed by atoms with Crippen molar-refractivity contribution in [3.05, 3.63) is 0 Å². The summed E-state index contributed by atoms with van der Waals surface area (Å²) in [6, 6.07) is -0.361. The Bertz CT molecular complexity index is 155. The van der Waals surface area contributed by atoms with Crippen LogP contribution in [0.4, 0.5) is 0 Å². The third kappa shape index (κ3) is 7.17. The highest BCUT2D eigenvalue weighted by Crippen LogP contribution is 1.98. The second-order valence-electron chi connectivity index (χ2n) is 3.17. The van der Waals surface area contributed by atoms with Crippen molar-refractivity contribution < 1.29 is 4.79 Å². The first-order valence-electron chi connectivity index (χ1n) is 4.94. The van der Waals surface area contributed by atoms with E-state index in [0.717, 1.165) is 25.0 Å². The predicted octanol–water partition coefficient (Wildman–Crippen LogP) is -0.0781. The summed E-state index contributed by atoms with van der Waals surface area (Å²) in [5.41, 5.74) is 11.0. The monoisotopic (exact) mass is 219 g/mol. The van der Waals surface area contributed by atoms with Gasteiger partial charge < -0.3 is 16.8 Å². The largest absolute Gasteiger partial charge is 0.355 e. The van der Waals surface area contributed by atoms with Crippen molar-refractivity contribution in [3.63, 3.8) is 0 Å². The molecule has 0 radical (unpaired) electrons. The van der Waals surface area contributed by atoms with E-state index in [9.17, 15) is 4.79 Å². The molecule has 0 aliphatic carbocycles. The van der Waals surface area contributed by atoms with Crippen LogP contribution in [0, 0.1) is 0 Å². The molecule has 0 bridgehead atoms. The SMILES string of the molecule is CSCC[C@@H](N)C(=O)NCCCCN. The predicted molar refractivity (Wildman–Crippen MR) is 62.3 cm³/mol. The molecule has 0 rings (SSSR count). The molecule has 0 saturated heterocycles. The maximum atomic E-state index is 11.3. The lowest BCUT2D eigenvalue weighted by atomic mass is 10.2. The number of rotatable bonds is 8. The van der Waals surface area contributed by atoms with E-state index in [0.29, 0.717) is 13.1 Å². The van der Waals surface area contributed by atoms with Gasteiger partial charge in [-0.25, -0.2) is 0 Å². The van der Waals surface area contributed by atoms with Crippen molar-refractivity contribution in [1.29, 1.82) is 0 Å². The average Bonchev–Trinajstić information content (AvgIpc) is 2.20. The summed E-state index contributed by atoms with van der Waals surface area (Å²) in [5.74, 6) is 0.883. The fraction of sp³-hybridized carbons (Fsp3) is 0.889. The molecule has 1 atom stereocenters. The van der Waals surface area contributed by atoms with Gasteiger partial charge in [0.25, 0.3) is 0 Å². The third-order valence-electron chi connectivity index (χ3n) is 1.90. The van der Waals surface area contributed by atoms with Crippen LogP contribution in [0.15, 0.2) is 0 Å². The van der Waals surface area contributed by atoms with Crippen LogP contribution in [-0.4, -0.2) is 37.0 Å². The van der Waals surface area contributed by atoms with E-state index in [-0.39, 0.29) is 11.9 Å². The van der Waals surface area contributed by atoms with Crippen LogP contribution < -0.4 is 16.8 Å². The van der Waals surface area contributed by atoms with Gasteiger partial charge in [-0.05, 0) is 37.8 Å². The number of unbranched alkanes of at least 4 members (excludes halogenated alkanes) is 1. The number of nitrogens with two attached hydrogens (primary N) is 2. The van der Waals surface area contributed by atoms with E-state index < -0.39 is 0 Å². The Morgan fingerprint density at radius 2 is 2.21 bits per heavy atom. The summed E-state index contributed by atoms with van der Waals surface area (Å²) in [4.78, 5) is 11.3. The van der Waals surface area contributed by atoms with Gasteiger partial charge >= 0.3 is 0 Å². The summed E-state index contributed by atoms with van der Waals surface area (Å²) in [7, 11) is 0. The molecule has 0 saturated carbocycles. The normalized spacial score (nSPS) is 12.5. The molecule has 5 N–H and O–H groups in total. The Morgan fingerprint density at radius 1 is 1.50 bits per heavy atom. The Balaban J connectivity index is 3.42. The first-order chi connectivity index (χ1) is 6.72. The number of hydrogen-bond acceptors (Lipinski definition) is 4. The molecule has 0 aromatic rings. The first-order valence-corrected chi connectivity index (χ1v) is 6.34. The maximum Gasteiger partial charge on any atom is 0.236 e. The summed E-state index contributed by atoms with van der Waals surface area (Å²) in [6.07, 6.45) is 4.62. The first kappa shape index (κ1) is 13.7. The minimum Gasteiger partial charge on any atom is -0.355 e. The molecule has 0 heterocycles. The summed E-state index contributed by atoms with van der Waals surface area (Å²) in [5, 5.41) is 2.80. The van der Waals surface area contributed by atoms with E-state index in [1.165, 1.54) is 0 Å². The topological polar surface area (TPSA) is 81.1 Å². The van der Waals surface area contributed by atoms with Crippen LogP contribution in [0.25, 0.3) is 0 Å². The summed E-state index contributed by atoms with van der Waals surface area (Å²) >= 11 is 1.70. The molecule has 0 aliphatic rings. The van der Waals surface area contributed by atoms with Gasteiger partial charge in [-0.15, -0.1) is 0 Å². The van der Waals surface area contributed by atoms with E-state index in [2.05, 4.69) is 5.32 Å². The van der Waals surface area contributed by atoms with E-state index in [1.807, 2.05) is 6.26 Å². The van der Waals surface area contributed by atoms with Gasteiger partial charge in [0, 0.05) is 6.54 Å². The van der Waals surface area contributed by atoms with E-state index >= 15 is 0 Å². The van der Waals surface area contributed by atoms with Crippen molar-refractivity contribution in [2.45, 2.75) is 25.3 Å². The molecule has 84 valence electrons. The van der Waals surface area contributed by atoms with E-state index in [1.54, 1.807) is 11.8 Å². The lowest BCUT2D eigenvalue weighted by Gasteiger charge is -2.11. The van der Waals surface area contributed by atoms with Crippen LogP contribution in [0.1, 0.15) is 19.3 Å². The molecule has 1 amide bonds. The van der Waals surface area contributed by atoms with Gasteiger partial charge in [0.15, 0.2) is 0 Å². The second-order valence-corrected chi connectivity index (χ2v) is 4.16. The Morgan fingerprint density at radius 3 is 2.79 bits per heavy atom. The van der Waals surface area contributed by atoms with Crippen molar-refractivity contribution in [1.82, 2.24) is 5.32 Å². The highest BCUT2D eigenvalue weighted by molar-refractivity contribution is 7.98. The zero-order chi connectivity index (χ0) is 10.8. The van der Waals surface area contributed by atoms with Gasteiger partial charge in [-0.1, -0.05) is 0 Å². The molecule has 0 unspecified atom stereocenters. The second kappa shape index (κ2) is 9.30. The van der Waals surface area contributed by atoms with Gasteiger partial charge in [0.2, 0.25) is 5.91 Å². The van der Waals surface area contributed by atoms with Crippen molar-refractivity contribution in [3.8, 4) is 0 Å². The molecule has 0 spiro atoms. The number of nitrogens with one attached hydrogen (secondary N) is 1. The minimum absolute atomic E-state index is 0.0453. The van der Waals surface area contributed by atoms with Gasteiger partial charge in [-0.2, -0.15) is 11.8 Å². The number of amides is 1. The molecule has 0 aliphatic heterocycles. The Labute approximate surface area is 90.2 Å². The molecule has 0 aromatic heterocycles. The Kier molecular flexibility index (Phi) is 9.13. The quantitative estimate of drug-likeness (QED) is 0.499. The average molecular weight is 219 g/mol. The standard InChI is InChI=1S/C9H21N3OS/c1-14-7-4-8(11)9(13)12-6-3-2-5-10/h8H,2-7,10-11H2,1H3,(H,12,13)/t8-/m1/s1. The fourth-order valence-electron chi connectivity index (χ4n) is 0.988. The molecular formula is C9H21N3OS. The minimum atomic E-state index is -0.361. The van der Waals surface area contributed by atoms with Gasteiger partial charge in [0.1, 0.15) is 0 Å². The number of hydrogen-bond donors (Lipinski definition) is 3. The summed E-state index contributed by atoms with van der Waals surface area (Å²) in [6.45, 7) is 1.36. The number of carbonyl (C=O) groups is 1. The number of thioether (sulfide) groups is 1. The zero-order valence-corrected chi connectivity index (χ0v) is 9.61. The molecular weight excluding hydrogens is 198 g/mol. The third-order valence-corrected chi connectivity index (χ3v) is 2.54. The van der Waals surface area contributed by atoms with Crippen molar-refractivity contribution >= 4 is 17.7 Å².